The summed E-state index contributed by atoms with van der Waals surface area (Å²) in [4.78, 5) is 27.0. The molecule has 1 aliphatic heterocycles. The molecule has 3 aromatic heterocycles. The van der Waals surface area contributed by atoms with E-state index in [0.29, 0.717) is 56.7 Å². The first-order chi connectivity index (χ1) is 17.7. The molecule has 0 spiro atoms. The van der Waals surface area contributed by atoms with Crippen molar-refractivity contribution < 1.29 is 17.9 Å². The molecule has 4 heterocycles. The van der Waals surface area contributed by atoms with E-state index in [1.807, 2.05) is 13.8 Å². The summed E-state index contributed by atoms with van der Waals surface area (Å²) in [6, 6.07) is 1.49. The third-order valence-electron chi connectivity index (χ3n) is 6.68. The lowest BCUT2D eigenvalue weighted by molar-refractivity contribution is 0.132. The standard InChI is InChI=1S/C24H35N7O5S/c1-6-19-20-21(28-29(19)4)23(32)27-22(26-20)18-14-17(15-25-24(18)36-16(3)8-13-35-5)37(33,34)31-11-9-30(7-2)10-12-31/h14-16H,6-13H2,1-5H3,(H,26,27,32). The lowest BCUT2D eigenvalue weighted by Crippen LogP contribution is -2.48. The maximum atomic E-state index is 13.5. The summed E-state index contributed by atoms with van der Waals surface area (Å²) in [6.07, 6.45) is 2.26. The smallest absolute Gasteiger partial charge is 0.279 e. The fraction of sp³-hybridized carbons (Fsp3) is 0.583. The quantitative estimate of drug-likeness (QED) is 0.410. The molecule has 1 fully saturated rings. The van der Waals surface area contributed by atoms with Gasteiger partial charge in [-0.15, -0.1) is 0 Å². The summed E-state index contributed by atoms with van der Waals surface area (Å²) in [7, 11) is -0.439. The fourth-order valence-electron chi connectivity index (χ4n) is 4.45. The van der Waals surface area contributed by atoms with Crippen molar-refractivity contribution in [1.29, 1.82) is 0 Å². The van der Waals surface area contributed by atoms with Crippen LogP contribution >= 0.6 is 0 Å². The number of aryl methyl sites for hydroxylation is 2. The number of fused-ring (bicyclic) bond motifs is 1. The van der Waals surface area contributed by atoms with E-state index >= 15 is 0 Å². The van der Waals surface area contributed by atoms with Gasteiger partial charge in [0, 0.05) is 53.4 Å². The maximum Gasteiger partial charge on any atom is 0.279 e. The van der Waals surface area contributed by atoms with Gasteiger partial charge in [-0.3, -0.25) is 9.48 Å². The highest BCUT2D eigenvalue weighted by Gasteiger charge is 2.30. The van der Waals surface area contributed by atoms with Crippen LogP contribution in [0.1, 0.15) is 32.9 Å². The lowest BCUT2D eigenvalue weighted by Gasteiger charge is -2.33. The van der Waals surface area contributed by atoms with Crippen molar-refractivity contribution in [3.05, 3.63) is 28.3 Å². The summed E-state index contributed by atoms with van der Waals surface area (Å²) in [5.74, 6) is 0.359. The average molecular weight is 534 g/mol. The summed E-state index contributed by atoms with van der Waals surface area (Å²) in [5, 5.41) is 4.30. The SMILES string of the molecule is CCc1c2nc(-c3cc(S(=O)(=O)N4CCN(CC)CC4)cnc3OC(C)CCOC)[nH]c(=O)c2nn1C. The van der Waals surface area contributed by atoms with Crippen LogP contribution in [0, 0.1) is 0 Å². The zero-order chi connectivity index (χ0) is 26.7. The fourth-order valence-corrected chi connectivity index (χ4v) is 5.85. The van der Waals surface area contributed by atoms with Crippen LogP contribution in [0.3, 0.4) is 0 Å². The lowest BCUT2D eigenvalue weighted by atomic mass is 10.2. The van der Waals surface area contributed by atoms with Crippen LogP contribution in [-0.2, 0) is 28.2 Å². The predicted molar refractivity (Wildman–Crippen MR) is 139 cm³/mol. The van der Waals surface area contributed by atoms with Crippen molar-refractivity contribution >= 4 is 21.1 Å². The Balaban J connectivity index is 1.81. The van der Waals surface area contributed by atoms with Crippen LogP contribution in [0.4, 0.5) is 0 Å². The van der Waals surface area contributed by atoms with E-state index in [1.165, 1.54) is 16.6 Å². The number of piperazine rings is 1. The molecule has 3 aromatic rings. The number of methoxy groups -OCH3 is 1. The molecule has 0 radical (unpaired) electrons. The van der Waals surface area contributed by atoms with Gasteiger partial charge in [0.1, 0.15) is 16.2 Å². The highest BCUT2D eigenvalue weighted by molar-refractivity contribution is 7.89. The summed E-state index contributed by atoms with van der Waals surface area (Å²) in [5.41, 5.74) is 1.36. The molecule has 202 valence electrons. The second-order valence-corrected chi connectivity index (χ2v) is 11.0. The van der Waals surface area contributed by atoms with Crippen LogP contribution in [0.25, 0.3) is 22.4 Å². The van der Waals surface area contributed by atoms with Gasteiger partial charge in [-0.1, -0.05) is 13.8 Å². The Hall–Kier alpha value is -2.87. The van der Waals surface area contributed by atoms with Crippen molar-refractivity contribution in [1.82, 2.24) is 33.9 Å². The van der Waals surface area contributed by atoms with Gasteiger partial charge in [0.05, 0.1) is 23.6 Å². The molecule has 1 atom stereocenters. The highest BCUT2D eigenvalue weighted by Crippen LogP contribution is 2.31. The number of likely N-dealkylation sites (N-methyl/N-ethyl adjacent to an activating group) is 1. The van der Waals surface area contributed by atoms with E-state index in [1.54, 1.807) is 18.8 Å². The normalized spacial score (nSPS) is 16.4. The summed E-state index contributed by atoms with van der Waals surface area (Å²) < 4.78 is 41.4. The number of aromatic amines is 1. The van der Waals surface area contributed by atoms with Gasteiger partial charge in [0.2, 0.25) is 15.9 Å². The third-order valence-corrected chi connectivity index (χ3v) is 8.55. The van der Waals surface area contributed by atoms with E-state index in [0.717, 1.165) is 12.2 Å². The van der Waals surface area contributed by atoms with E-state index in [4.69, 9.17) is 9.47 Å². The van der Waals surface area contributed by atoms with Crippen LogP contribution in [0.5, 0.6) is 5.88 Å². The molecule has 1 saturated heterocycles. The van der Waals surface area contributed by atoms with Gasteiger partial charge in [0.15, 0.2) is 5.52 Å². The molecule has 13 heteroatoms. The van der Waals surface area contributed by atoms with Crippen molar-refractivity contribution in [2.75, 3.05) is 46.4 Å². The Labute approximate surface area is 216 Å². The number of hydrogen-bond acceptors (Lipinski definition) is 9. The molecule has 0 aliphatic carbocycles. The zero-order valence-corrected chi connectivity index (χ0v) is 22.8. The number of H-pyrrole nitrogens is 1. The summed E-state index contributed by atoms with van der Waals surface area (Å²) in [6.45, 7) is 9.38. The molecule has 4 rings (SSSR count). The highest BCUT2D eigenvalue weighted by atomic mass is 32.2. The number of sulfonamides is 1. The van der Waals surface area contributed by atoms with Gasteiger partial charge >= 0.3 is 0 Å². The molecule has 0 aromatic carbocycles. The third kappa shape index (κ3) is 5.54. The minimum atomic E-state index is -3.81. The Morgan fingerprint density at radius 2 is 1.89 bits per heavy atom. The predicted octanol–water partition coefficient (Wildman–Crippen LogP) is 1.41. The molecule has 1 unspecified atom stereocenters. The number of nitrogens with zero attached hydrogens (tertiary/aromatic N) is 6. The van der Waals surface area contributed by atoms with Crippen LogP contribution in [0.2, 0.25) is 0 Å². The maximum absolute atomic E-state index is 13.5. The number of ether oxygens (including phenoxy) is 2. The Bertz CT molecular complexity index is 1410. The Morgan fingerprint density at radius 3 is 2.54 bits per heavy atom. The van der Waals surface area contributed by atoms with E-state index < -0.39 is 15.6 Å². The van der Waals surface area contributed by atoms with Crippen molar-refractivity contribution in [2.24, 2.45) is 7.05 Å². The molecule has 0 bridgehead atoms. The second kappa shape index (κ2) is 11.3. The Kier molecular flexibility index (Phi) is 8.26. The van der Waals surface area contributed by atoms with Crippen LogP contribution in [0.15, 0.2) is 22.0 Å². The molecule has 12 nitrogen and oxygen atoms in total. The molecular formula is C24H35N7O5S. The first kappa shape index (κ1) is 27.2. The number of hydrogen-bond donors (Lipinski definition) is 1. The van der Waals surface area contributed by atoms with Gasteiger partial charge in [-0.05, 0) is 26.0 Å². The van der Waals surface area contributed by atoms with E-state index in [9.17, 15) is 13.2 Å². The molecule has 0 amide bonds. The zero-order valence-electron chi connectivity index (χ0n) is 22.0. The van der Waals surface area contributed by atoms with Crippen molar-refractivity contribution in [3.8, 4) is 17.3 Å². The average Bonchev–Trinajstić information content (AvgIpc) is 3.23. The van der Waals surface area contributed by atoms with Crippen LogP contribution in [-0.4, -0.2) is 94.9 Å². The molecule has 0 saturated carbocycles. The first-order valence-electron chi connectivity index (χ1n) is 12.5. The van der Waals surface area contributed by atoms with Gasteiger partial charge in [0.25, 0.3) is 5.56 Å². The molecular weight excluding hydrogens is 498 g/mol. The molecule has 1 aliphatic rings. The number of aromatic nitrogens is 5. The second-order valence-electron chi connectivity index (χ2n) is 9.11. The minimum Gasteiger partial charge on any atom is -0.474 e. The largest absolute Gasteiger partial charge is 0.474 e. The monoisotopic (exact) mass is 533 g/mol. The van der Waals surface area contributed by atoms with E-state index in [2.05, 4.69) is 31.9 Å². The Morgan fingerprint density at radius 1 is 1.16 bits per heavy atom. The van der Waals surface area contributed by atoms with Crippen LogP contribution < -0.4 is 10.3 Å². The van der Waals surface area contributed by atoms with Crippen molar-refractivity contribution in [3.63, 3.8) is 0 Å². The number of nitrogens with one attached hydrogen (secondary N) is 1. The molecule has 1 N–H and O–H groups in total. The number of rotatable bonds is 10. The van der Waals surface area contributed by atoms with Gasteiger partial charge in [-0.2, -0.15) is 9.40 Å². The van der Waals surface area contributed by atoms with E-state index in [-0.39, 0.29) is 28.2 Å². The molecule has 37 heavy (non-hydrogen) atoms. The minimum absolute atomic E-state index is 0.0222. The van der Waals surface area contributed by atoms with Gasteiger partial charge < -0.3 is 19.4 Å². The summed E-state index contributed by atoms with van der Waals surface area (Å²) >= 11 is 0. The topological polar surface area (TPSA) is 136 Å². The number of pyridine rings is 1. The first-order valence-corrected chi connectivity index (χ1v) is 14.0. The van der Waals surface area contributed by atoms with Gasteiger partial charge in [-0.25, -0.2) is 18.4 Å². The van der Waals surface area contributed by atoms with Crippen molar-refractivity contribution in [2.45, 2.75) is 44.6 Å².